The molecule has 0 amide bonds. The fraction of sp³-hybridized carbons (Fsp3) is 0.524. The van der Waals surface area contributed by atoms with E-state index >= 15 is 0 Å². The molecule has 0 saturated heterocycles. The Balaban J connectivity index is 0.000000998. The van der Waals surface area contributed by atoms with Crippen molar-refractivity contribution in [2.45, 2.75) is 60.5 Å². The molecule has 1 aliphatic rings. The highest BCUT2D eigenvalue weighted by Crippen LogP contribution is 2.41. The highest BCUT2D eigenvalue weighted by atomic mass is 16.5. The van der Waals surface area contributed by atoms with Crippen LogP contribution in [0.5, 0.6) is 11.5 Å². The number of hydrogen-bond acceptors (Lipinski definition) is 6. The lowest BCUT2D eigenvalue weighted by Gasteiger charge is -2.15. The molecule has 1 aliphatic heterocycles. The third-order valence-corrected chi connectivity index (χ3v) is 4.04. The summed E-state index contributed by atoms with van der Waals surface area (Å²) in [6, 6.07) is 0. The van der Waals surface area contributed by atoms with Gasteiger partial charge >= 0.3 is 5.97 Å². The van der Waals surface area contributed by atoms with Crippen molar-refractivity contribution in [2.75, 3.05) is 14.2 Å². The summed E-state index contributed by atoms with van der Waals surface area (Å²) in [6.45, 7) is 10.7. The maximum Gasteiger partial charge on any atom is 0.342 e. The highest BCUT2D eigenvalue weighted by molar-refractivity contribution is 5.98. The Morgan fingerprint density at radius 2 is 1.89 bits per heavy atom. The minimum atomic E-state index is -0.455. The number of phenols is 1. The normalized spacial score (nSPS) is 12.0. The molecule has 0 fully saturated rings. The number of esters is 1. The van der Waals surface area contributed by atoms with Crippen LogP contribution in [0.1, 0.15) is 67.6 Å². The Bertz CT molecular complexity index is 661. The predicted molar refractivity (Wildman–Crippen MR) is 105 cm³/mol. The van der Waals surface area contributed by atoms with E-state index in [9.17, 15) is 9.90 Å². The van der Waals surface area contributed by atoms with Crippen LogP contribution >= 0.6 is 0 Å². The average Bonchev–Trinajstić information content (AvgIpc) is 3.07. The zero-order chi connectivity index (χ0) is 21.0. The van der Waals surface area contributed by atoms with Gasteiger partial charge in [-0.3, -0.25) is 4.79 Å². The van der Waals surface area contributed by atoms with Gasteiger partial charge in [-0.15, -0.1) is 0 Å². The molecule has 0 atom stereocenters. The molecule has 0 saturated carbocycles. The number of carbonyl (C=O) groups is 2. The molecular formula is C21H32O6. The molecule has 0 spiro atoms. The number of fused-ring (bicyclic) bond motifs is 1. The van der Waals surface area contributed by atoms with Crippen LogP contribution in [0.15, 0.2) is 11.6 Å². The SMILES string of the molecule is CC.CCC/C(C)=C/Cc1c(O)c2c(c(C)c1OC)COC2=O.COC=O. The van der Waals surface area contributed by atoms with Gasteiger partial charge in [0.15, 0.2) is 0 Å². The van der Waals surface area contributed by atoms with Gasteiger partial charge in [-0.1, -0.05) is 38.8 Å². The Morgan fingerprint density at radius 3 is 2.37 bits per heavy atom. The van der Waals surface area contributed by atoms with Crippen LogP contribution in [-0.4, -0.2) is 31.8 Å². The highest BCUT2D eigenvalue weighted by Gasteiger charge is 2.31. The van der Waals surface area contributed by atoms with Crippen molar-refractivity contribution in [1.29, 1.82) is 0 Å². The first-order chi connectivity index (χ1) is 12.9. The van der Waals surface area contributed by atoms with Crippen molar-refractivity contribution in [3.63, 3.8) is 0 Å². The summed E-state index contributed by atoms with van der Waals surface area (Å²) in [5, 5.41) is 10.4. The first-order valence-corrected chi connectivity index (χ1v) is 9.13. The molecule has 0 unspecified atom stereocenters. The van der Waals surface area contributed by atoms with Gasteiger partial charge in [0, 0.05) is 11.1 Å². The quantitative estimate of drug-likeness (QED) is 0.445. The summed E-state index contributed by atoms with van der Waals surface area (Å²) < 4.78 is 14.3. The molecule has 0 aliphatic carbocycles. The Labute approximate surface area is 162 Å². The van der Waals surface area contributed by atoms with Crippen molar-refractivity contribution >= 4 is 12.4 Å². The standard InChI is InChI=1S/C17H22O4.C2H4O2.C2H6/c1-5-6-10(2)7-8-12-15(18)14-13(9-21-17(14)19)11(3)16(12)20-4;1-4-2-3;1-2/h7,18H,5-6,8-9H2,1-4H3;2H,1H3;1-2H3/b10-7+;;. The molecule has 0 aromatic heterocycles. The molecule has 0 radical (unpaired) electrons. The Kier molecular flexibility index (Phi) is 11.6. The van der Waals surface area contributed by atoms with Crippen LogP contribution in [0.25, 0.3) is 0 Å². The van der Waals surface area contributed by atoms with E-state index < -0.39 is 5.97 Å². The van der Waals surface area contributed by atoms with E-state index in [-0.39, 0.29) is 12.4 Å². The molecule has 0 bridgehead atoms. The topological polar surface area (TPSA) is 82.1 Å². The summed E-state index contributed by atoms with van der Waals surface area (Å²) in [7, 11) is 2.89. The van der Waals surface area contributed by atoms with Gasteiger partial charge in [0.2, 0.25) is 0 Å². The third kappa shape index (κ3) is 6.31. The van der Waals surface area contributed by atoms with Crippen LogP contribution in [-0.2, 0) is 27.3 Å². The summed E-state index contributed by atoms with van der Waals surface area (Å²) in [6.07, 6.45) is 4.73. The molecule has 152 valence electrons. The molecular weight excluding hydrogens is 348 g/mol. The van der Waals surface area contributed by atoms with Crippen molar-refractivity contribution in [3.8, 4) is 11.5 Å². The number of aromatic hydroxyl groups is 1. The van der Waals surface area contributed by atoms with Crippen molar-refractivity contribution in [3.05, 3.63) is 33.9 Å². The number of methoxy groups -OCH3 is 2. The summed E-state index contributed by atoms with van der Waals surface area (Å²) >= 11 is 0. The minimum Gasteiger partial charge on any atom is -0.507 e. The second-order valence-corrected chi connectivity index (χ2v) is 5.75. The number of cyclic esters (lactones) is 1. The number of allylic oxidation sites excluding steroid dienone is 2. The maximum absolute atomic E-state index is 11.8. The lowest BCUT2D eigenvalue weighted by molar-refractivity contribution is -0.126. The first-order valence-electron chi connectivity index (χ1n) is 9.13. The van der Waals surface area contributed by atoms with E-state index in [1.54, 1.807) is 7.11 Å². The van der Waals surface area contributed by atoms with E-state index in [1.165, 1.54) is 12.7 Å². The molecule has 1 aromatic carbocycles. The second-order valence-electron chi connectivity index (χ2n) is 5.75. The lowest BCUT2D eigenvalue weighted by Crippen LogP contribution is -2.03. The van der Waals surface area contributed by atoms with E-state index in [2.05, 4.69) is 24.7 Å². The van der Waals surface area contributed by atoms with Crippen LogP contribution in [0.3, 0.4) is 0 Å². The molecule has 2 rings (SSSR count). The number of benzene rings is 1. The number of carbonyl (C=O) groups excluding carboxylic acids is 2. The van der Waals surface area contributed by atoms with Gasteiger partial charge in [-0.25, -0.2) is 4.79 Å². The minimum absolute atomic E-state index is 0.00417. The summed E-state index contributed by atoms with van der Waals surface area (Å²) in [4.78, 5) is 20.7. The van der Waals surface area contributed by atoms with Crippen molar-refractivity contribution in [2.24, 2.45) is 0 Å². The van der Waals surface area contributed by atoms with Gasteiger partial charge in [0.05, 0.1) is 14.2 Å². The molecule has 27 heavy (non-hydrogen) atoms. The van der Waals surface area contributed by atoms with E-state index in [4.69, 9.17) is 14.3 Å². The smallest absolute Gasteiger partial charge is 0.342 e. The molecule has 6 nitrogen and oxygen atoms in total. The van der Waals surface area contributed by atoms with Gasteiger partial charge in [0.1, 0.15) is 23.7 Å². The van der Waals surface area contributed by atoms with E-state index in [0.29, 0.717) is 29.8 Å². The fourth-order valence-corrected chi connectivity index (χ4v) is 2.80. The lowest BCUT2D eigenvalue weighted by atomic mass is 9.94. The number of rotatable bonds is 6. The van der Waals surface area contributed by atoms with Crippen molar-refractivity contribution < 1.29 is 28.9 Å². The van der Waals surface area contributed by atoms with Crippen LogP contribution < -0.4 is 4.74 Å². The largest absolute Gasteiger partial charge is 0.507 e. The first kappa shape index (κ1) is 24.5. The van der Waals surface area contributed by atoms with Gasteiger partial charge < -0.3 is 19.3 Å². The average molecular weight is 380 g/mol. The van der Waals surface area contributed by atoms with E-state index in [1.807, 2.05) is 20.8 Å². The second kappa shape index (κ2) is 12.8. The Morgan fingerprint density at radius 1 is 1.30 bits per heavy atom. The molecule has 1 N–H and O–H groups in total. The van der Waals surface area contributed by atoms with Crippen LogP contribution in [0, 0.1) is 6.92 Å². The van der Waals surface area contributed by atoms with Gasteiger partial charge in [-0.2, -0.15) is 0 Å². The number of ether oxygens (including phenoxy) is 3. The van der Waals surface area contributed by atoms with E-state index in [0.717, 1.165) is 24.0 Å². The summed E-state index contributed by atoms with van der Waals surface area (Å²) in [5.41, 5.74) is 3.81. The molecule has 6 heteroatoms. The maximum atomic E-state index is 11.8. The van der Waals surface area contributed by atoms with Crippen LogP contribution in [0.2, 0.25) is 0 Å². The summed E-state index contributed by atoms with van der Waals surface area (Å²) in [5.74, 6) is 0.185. The zero-order valence-electron chi connectivity index (χ0n) is 17.5. The van der Waals surface area contributed by atoms with Gasteiger partial charge in [0.25, 0.3) is 6.47 Å². The van der Waals surface area contributed by atoms with Crippen molar-refractivity contribution in [1.82, 2.24) is 0 Å². The zero-order valence-corrected chi connectivity index (χ0v) is 17.5. The van der Waals surface area contributed by atoms with Crippen LogP contribution in [0.4, 0.5) is 0 Å². The molecule has 1 heterocycles. The Hall–Kier alpha value is -2.50. The fourth-order valence-electron chi connectivity index (χ4n) is 2.80. The number of phenolic OH excluding ortho intramolecular Hbond substituents is 1. The third-order valence-electron chi connectivity index (χ3n) is 4.04. The monoisotopic (exact) mass is 380 g/mol. The van der Waals surface area contributed by atoms with Gasteiger partial charge in [-0.05, 0) is 32.3 Å². The predicted octanol–water partition coefficient (Wildman–Crippen LogP) is 4.48. The molecule has 1 aromatic rings. The number of hydrogen-bond donors (Lipinski definition) is 1.